The Balaban J connectivity index is 0.000000413. The van der Waals surface area contributed by atoms with Crippen molar-refractivity contribution in [1.82, 2.24) is 13.6 Å². The molecule has 10 heteroatoms. The third-order valence-corrected chi connectivity index (χ3v) is 5.09. The molecule has 1 aromatic rings. The van der Waals surface area contributed by atoms with Crippen LogP contribution >= 0.6 is 36.1 Å². The number of thioether (sulfide) groups is 1. The Morgan fingerprint density at radius 3 is 2.62 bits per heavy atom. The molecule has 0 saturated heterocycles. The van der Waals surface area contributed by atoms with Crippen LogP contribution in [0.5, 0.6) is 0 Å². The zero-order valence-corrected chi connectivity index (χ0v) is 15.9. The van der Waals surface area contributed by atoms with E-state index in [2.05, 4.69) is 39.4 Å². The molecule has 0 aromatic carbocycles. The molecule has 0 atom stereocenters. The van der Waals surface area contributed by atoms with Crippen molar-refractivity contribution in [3.8, 4) is 0 Å². The first-order valence-electron chi connectivity index (χ1n) is 7.36. The summed E-state index contributed by atoms with van der Waals surface area (Å²) in [6.45, 7) is 2.14. The highest BCUT2D eigenvalue weighted by Gasteiger charge is 2.17. The van der Waals surface area contributed by atoms with Crippen LogP contribution in [0.1, 0.15) is 25.0 Å². The zero-order valence-electron chi connectivity index (χ0n) is 13.3. The average molecular weight is 392 g/mol. The molecule has 0 unspecified atom stereocenters. The number of unbranched alkanes of at least 4 members (excludes halogenated alkanes) is 1. The van der Waals surface area contributed by atoms with Crippen LogP contribution in [-0.4, -0.2) is 67.4 Å². The summed E-state index contributed by atoms with van der Waals surface area (Å²) in [4.78, 5) is 20.5. The lowest BCUT2D eigenvalue weighted by atomic mass is 10.1. The van der Waals surface area contributed by atoms with Gasteiger partial charge in [0, 0.05) is 13.1 Å². The van der Waals surface area contributed by atoms with Gasteiger partial charge in [0.15, 0.2) is 0 Å². The number of carboxylic acids is 2. The minimum Gasteiger partial charge on any atom is -0.473 e. The Hall–Kier alpha value is -1.10. The lowest BCUT2D eigenvalue weighted by molar-refractivity contribution is -0.159. The second-order valence-electron chi connectivity index (χ2n) is 5.06. The molecule has 1 aliphatic heterocycles. The lowest BCUT2D eigenvalue weighted by Crippen LogP contribution is -2.25. The minimum atomic E-state index is -1.82. The summed E-state index contributed by atoms with van der Waals surface area (Å²) in [6.07, 6.45) is 5.81. The van der Waals surface area contributed by atoms with Gasteiger partial charge in [-0.05, 0) is 43.4 Å². The summed E-state index contributed by atoms with van der Waals surface area (Å²) >= 11 is 7.39. The molecule has 2 heterocycles. The molecule has 24 heavy (non-hydrogen) atoms. The van der Waals surface area contributed by atoms with Gasteiger partial charge in [0.05, 0.1) is 11.7 Å². The Bertz CT molecular complexity index is 565. The number of hydrogen-bond acceptors (Lipinski definition) is 8. The number of likely N-dealkylation sites (N-methyl/N-ethyl adjacent to an activating group) is 1. The Kier molecular flexibility index (Phi) is 9.99. The first-order chi connectivity index (χ1) is 11.5. The average Bonchev–Trinajstić information content (AvgIpc) is 3.00. The fourth-order valence-electron chi connectivity index (χ4n) is 1.92. The van der Waals surface area contributed by atoms with Crippen molar-refractivity contribution in [2.24, 2.45) is 0 Å². The first-order valence-corrected chi connectivity index (χ1v) is 9.71. The number of rotatable bonds is 6. The van der Waals surface area contributed by atoms with Crippen LogP contribution in [-0.2, 0) is 9.59 Å². The van der Waals surface area contributed by atoms with Crippen LogP contribution in [0.2, 0.25) is 0 Å². The van der Waals surface area contributed by atoms with Gasteiger partial charge in [0.1, 0.15) is 10.7 Å². The quantitative estimate of drug-likeness (QED) is 0.293. The number of nitrogens with zero attached hydrogens (tertiary/aromatic N) is 3. The smallest absolute Gasteiger partial charge is 0.414 e. The molecule has 134 valence electrons. The fraction of sp³-hybridized carbons (Fsp3) is 0.571. The molecular weight excluding hydrogens is 370 g/mol. The molecule has 1 aliphatic rings. The summed E-state index contributed by atoms with van der Waals surface area (Å²) in [5.74, 6) is -1.56. The molecule has 0 amide bonds. The van der Waals surface area contributed by atoms with E-state index in [4.69, 9.17) is 19.8 Å². The lowest BCUT2D eigenvalue weighted by Gasteiger charge is -2.22. The molecule has 0 saturated carbocycles. The van der Waals surface area contributed by atoms with Gasteiger partial charge in [-0.1, -0.05) is 6.08 Å². The second kappa shape index (κ2) is 11.5. The molecular formula is C14H21N3O4S3. The predicted octanol–water partition coefficient (Wildman–Crippen LogP) is 2.21. The Morgan fingerprint density at radius 1 is 1.33 bits per heavy atom. The van der Waals surface area contributed by atoms with E-state index in [1.807, 2.05) is 11.8 Å². The van der Waals surface area contributed by atoms with Crippen molar-refractivity contribution in [2.75, 3.05) is 31.6 Å². The molecule has 2 N–H and O–H groups in total. The van der Waals surface area contributed by atoms with Gasteiger partial charge in [-0.15, -0.1) is 11.8 Å². The highest BCUT2D eigenvalue weighted by molar-refractivity contribution is 7.99. The SMILES string of the molecule is CN1CCC=C(c2nsnc2SCCCCS)C1.O=C(O)C(=O)O. The van der Waals surface area contributed by atoms with Gasteiger partial charge in [0.2, 0.25) is 0 Å². The standard InChI is InChI=1S/C12H19N3S3.C2H2O4/c1-15-6-4-5-10(9-15)11-12(14-18-13-11)17-8-3-2-7-16;3-1(4)2(5)6/h5,16H,2-4,6-9H2,1H3;(H,3,4)(H,5,6). The van der Waals surface area contributed by atoms with Gasteiger partial charge >= 0.3 is 11.9 Å². The van der Waals surface area contributed by atoms with Crippen molar-refractivity contribution in [2.45, 2.75) is 24.3 Å². The van der Waals surface area contributed by atoms with E-state index in [0.717, 1.165) is 41.7 Å². The van der Waals surface area contributed by atoms with Crippen LogP contribution in [0.4, 0.5) is 0 Å². The summed E-state index contributed by atoms with van der Waals surface area (Å²) in [6, 6.07) is 0. The van der Waals surface area contributed by atoms with Gasteiger partial charge in [-0.2, -0.15) is 21.4 Å². The number of aliphatic carboxylic acids is 2. The van der Waals surface area contributed by atoms with Crippen LogP contribution < -0.4 is 0 Å². The van der Waals surface area contributed by atoms with Crippen molar-refractivity contribution in [3.05, 3.63) is 11.8 Å². The Labute approximate surface area is 154 Å². The summed E-state index contributed by atoms with van der Waals surface area (Å²) < 4.78 is 8.90. The van der Waals surface area contributed by atoms with E-state index < -0.39 is 11.9 Å². The van der Waals surface area contributed by atoms with E-state index >= 15 is 0 Å². The van der Waals surface area contributed by atoms with Crippen LogP contribution in [0.25, 0.3) is 5.57 Å². The molecule has 0 radical (unpaired) electrons. The van der Waals surface area contributed by atoms with E-state index in [1.54, 1.807) is 0 Å². The second-order valence-corrected chi connectivity index (χ2v) is 7.12. The third kappa shape index (κ3) is 7.65. The van der Waals surface area contributed by atoms with Gasteiger partial charge in [0.25, 0.3) is 0 Å². The summed E-state index contributed by atoms with van der Waals surface area (Å²) in [7, 11) is 2.16. The molecule has 0 spiro atoms. The van der Waals surface area contributed by atoms with Crippen LogP contribution in [0, 0.1) is 0 Å². The maximum Gasteiger partial charge on any atom is 0.414 e. The number of carbonyl (C=O) groups is 2. The van der Waals surface area contributed by atoms with Crippen molar-refractivity contribution < 1.29 is 19.8 Å². The van der Waals surface area contributed by atoms with E-state index in [1.165, 1.54) is 30.1 Å². The monoisotopic (exact) mass is 391 g/mol. The first kappa shape index (κ1) is 20.9. The van der Waals surface area contributed by atoms with Crippen molar-refractivity contribution in [3.63, 3.8) is 0 Å². The molecule has 0 aliphatic carbocycles. The van der Waals surface area contributed by atoms with Crippen molar-refractivity contribution in [1.29, 1.82) is 0 Å². The zero-order chi connectivity index (χ0) is 17.9. The van der Waals surface area contributed by atoms with Crippen LogP contribution in [0.3, 0.4) is 0 Å². The number of thiol groups is 1. The van der Waals surface area contributed by atoms with E-state index in [9.17, 15) is 0 Å². The predicted molar refractivity (Wildman–Crippen MR) is 99.1 cm³/mol. The van der Waals surface area contributed by atoms with Crippen LogP contribution in [0.15, 0.2) is 11.1 Å². The highest BCUT2D eigenvalue weighted by Crippen LogP contribution is 2.29. The summed E-state index contributed by atoms with van der Waals surface area (Å²) in [5.41, 5.74) is 2.46. The number of aromatic nitrogens is 2. The van der Waals surface area contributed by atoms with E-state index in [0.29, 0.717) is 0 Å². The molecule has 7 nitrogen and oxygen atoms in total. The van der Waals surface area contributed by atoms with Crippen molar-refractivity contribution >= 4 is 53.6 Å². The third-order valence-electron chi connectivity index (χ3n) is 3.08. The largest absolute Gasteiger partial charge is 0.473 e. The van der Waals surface area contributed by atoms with E-state index in [-0.39, 0.29) is 0 Å². The Morgan fingerprint density at radius 2 is 2.04 bits per heavy atom. The van der Waals surface area contributed by atoms with Gasteiger partial charge < -0.3 is 15.1 Å². The number of hydrogen-bond donors (Lipinski definition) is 3. The molecule has 0 fully saturated rings. The molecule has 1 aromatic heterocycles. The molecule has 0 bridgehead atoms. The fourth-order valence-corrected chi connectivity index (χ4v) is 3.85. The maximum absolute atomic E-state index is 9.10. The molecule has 2 rings (SSSR count). The number of carboxylic acid groups (broad SMARTS) is 2. The highest BCUT2D eigenvalue weighted by atomic mass is 32.2. The van der Waals surface area contributed by atoms with Gasteiger partial charge in [-0.3, -0.25) is 0 Å². The maximum atomic E-state index is 9.10. The topological polar surface area (TPSA) is 104 Å². The minimum absolute atomic E-state index is 0.971. The van der Waals surface area contributed by atoms with Gasteiger partial charge in [-0.25, -0.2) is 9.59 Å². The normalized spacial score (nSPS) is 14.5. The summed E-state index contributed by atoms with van der Waals surface area (Å²) in [5, 5.41) is 15.9.